The number of ether oxygens (including phenoxy) is 2. The fourth-order valence-corrected chi connectivity index (χ4v) is 3.65. The summed E-state index contributed by atoms with van der Waals surface area (Å²) in [4.78, 5) is 6.64. The standard InChI is InChI=1S/C20H29F3N4O2/c1-19(2,27-8-10-28-11-9-27)13-25-18(24-3)26-16-12-15(16)14-6-4-5-7-17(14)29-20(21,22)23/h4-7,15-16H,8-13H2,1-3H3,(H2,24,25,26). The summed E-state index contributed by atoms with van der Waals surface area (Å²) < 4.78 is 47.6. The van der Waals surface area contributed by atoms with Crippen LogP contribution in [0, 0.1) is 0 Å². The van der Waals surface area contributed by atoms with Gasteiger partial charge >= 0.3 is 6.36 Å². The molecule has 2 N–H and O–H groups in total. The first kappa shape index (κ1) is 21.7. The Morgan fingerprint density at radius 1 is 1.24 bits per heavy atom. The Hall–Kier alpha value is -2.00. The normalized spacial score (nSPS) is 23.6. The molecule has 0 aromatic heterocycles. The molecular weight excluding hydrogens is 385 g/mol. The molecule has 0 radical (unpaired) electrons. The molecule has 1 heterocycles. The van der Waals surface area contributed by atoms with Gasteiger partial charge in [-0.2, -0.15) is 0 Å². The van der Waals surface area contributed by atoms with Gasteiger partial charge in [0.25, 0.3) is 0 Å². The van der Waals surface area contributed by atoms with Crippen molar-refractivity contribution in [2.75, 3.05) is 39.9 Å². The third kappa shape index (κ3) is 5.99. The lowest BCUT2D eigenvalue weighted by Gasteiger charge is -2.41. The molecule has 2 aliphatic rings. The van der Waals surface area contributed by atoms with E-state index in [2.05, 4.69) is 39.1 Å². The number of rotatable bonds is 6. The molecule has 2 atom stereocenters. The lowest BCUT2D eigenvalue weighted by atomic mass is 10.0. The summed E-state index contributed by atoms with van der Waals surface area (Å²) in [6.45, 7) is 8.28. The van der Waals surface area contributed by atoms with Crippen molar-refractivity contribution in [2.45, 2.75) is 44.1 Å². The van der Waals surface area contributed by atoms with E-state index in [4.69, 9.17) is 4.74 Å². The quantitative estimate of drug-likeness (QED) is 0.554. The van der Waals surface area contributed by atoms with Crippen LogP contribution in [0.3, 0.4) is 0 Å². The molecule has 1 aliphatic carbocycles. The van der Waals surface area contributed by atoms with Crippen LogP contribution >= 0.6 is 0 Å². The van der Waals surface area contributed by atoms with Crippen molar-refractivity contribution in [1.29, 1.82) is 0 Å². The van der Waals surface area contributed by atoms with Crippen molar-refractivity contribution in [3.8, 4) is 5.75 Å². The minimum absolute atomic E-state index is 0.0192. The predicted molar refractivity (Wildman–Crippen MR) is 105 cm³/mol. The molecule has 0 spiro atoms. The second kappa shape index (κ2) is 8.79. The van der Waals surface area contributed by atoms with Crippen molar-refractivity contribution in [3.63, 3.8) is 0 Å². The highest BCUT2D eigenvalue weighted by atomic mass is 19.4. The molecule has 1 aliphatic heterocycles. The predicted octanol–water partition coefficient (Wildman–Crippen LogP) is 2.72. The molecule has 1 aromatic rings. The van der Waals surface area contributed by atoms with E-state index >= 15 is 0 Å². The van der Waals surface area contributed by atoms with Crippen LogP contribution in [-0.4, -0.2) is 68.7 Å². The molecule has 0 bridgehead atoms. The average molecular weight is 414 g/mol. The van der Waals surface area contributed by atoms with E-state index in [1.165, 1.54) is 6.07 Å². The molecule has 2 unspecified atom stereocenters. The van der Waals surface area contributed by atoms with Gasteiger partial charge in [-0.15, -0.1) is 13.2 Å². The van der Waals surface area contributed by atoms with Gasteiger partial charge in [0.05, 0.1) is 13.2 Å². The van der Waals surface area contributed by atoms with Crippen molar-refractivity contribution >= 4 is 5.96 Å². The summed E-state index contributed by atoms with van der Waals surface area (Å²) in [5.74, 6) is 0.470. The molecule has 162 valence electrons. The Labute approximate surface area is 169 Å². The summed E-state index contributed by atoms with van der Waals surface area (Å²) in [6, 6.07) is 6.34. The molecular formula is C20H29F3N4O2. The number of guanidine groups is 1. The molecule has 0 amide bonds. The second-order valence-electron chi connectivity index (χ2n) is 8.02. The number of halogens is 3. The highest BCUT2D eigenvalue weighted by molar-refractivity contribution is 5.80. The van der Waals surface area contributed by atoms with Crippen molar-refractivity contribution in [3.05, 3.63) is 29.8 Å². The van der Waals surface area contributed by atoms with Gasteiger partial charge in [-0.1, -0.05) is 18.2 Å². The summed E-state index contributed by atoms with van der Waals surface area (Å²) in [6.07, 6.45) is -3.97. The number of nitrogens with zero attached hydrogens (tertiary/aromatic N) is 2. The third-order valence-corrected chi connectivity index (χ3v) is 5.44. The third-order valence-electron chi connectivity index (χ3n) is 5.44. The fourth-order valence-electron chi connectivity index (χ4n) is 3.65. The molecule has 9 heteroatoms. The van der Waals surface area contributed by atoms with Gasteiger partial charge < -0.3 is 20.1 Å². The zero-order valence-corrected chi connectivity index (χ0v) is 17.1. The van der Waals surface area contributed by atoms with Crippen molar-refractivity contribution in [2.24, 2.45) is 4.99 Å². The van der Waals surface area contributed by atoms with E-state index in [1.54, 1.807) is 25.2 Å². The number of para-hydroxylation sites is 1. The number of hydrogen-bond acceptors (Lipinski definition) is 4. The molecule has 1 saturated carbocycles. The van der Waals surface area contributed by atoms with Gasteiger partial charge in [0.1, 0.15) is 5.75 Å². The van der Waals surface area contributed by atoms with E-state index in [9.17, 15) is 13.2 Å². The average Bonchev–Trinajstić information content (AvgIpc) is 3.44. The van der Waals surface area contributed by atoms with Crippen LogP contribution in [0.2, 0.25) is 0 Å². The Bertz CT molecular complexity index is 718. The van der Waals surface area contributed by atoms with Gasteiger partial charge in [-0.05, 0) is 31.9 Å². The zero-order chi connectivity index (χ0) is 21.1. The molecule has 3 rings (SSSR count). The topological polar surface area (TPSA) is 58.1 Å². The van der Waals surface area contributed by atoms with Gasteiger partial charge in [-0.25, -0.2) is 0 Å². The summed E-state index contributed by atoms with van der Waals surface area (Å²) >= 11 is 0. The van der Waals surface area contributed by atoms with E-state index < -0.39 is 6.36 Å². The summed E-state index contributed by atoms with van der Waals surface area (Å²) in [5, 5.41) is 6.66. The van der Waals surface area contributed by atoms with Crippen LogP contribution < -0.4 is 15.4 Å². The smallest absolute Gasteiger partial charge is 0.405 e. The van der Waals surface area contributed by atoms with Crippen LogP contribution in [0.4, 0.5) is 13.2 Å². The number of aliphatic imine (C=N–C) groups is 1. The first-order chi connectivity index (χ1) is 13.7. The maximum absolute atomic E-state index is 12.7. The van der Waals surface area contributed by atoms with Crippen LogP contribution in [0.1, 0.15) is 31.7 Å². The molecule has 1 saturated heterocycles. The van der Waals surface area contributed by atoms with E-state index in [1.807, 2.05) is 0 Å². The minimum atomic E-state index is -4.70. The first-order valence-electron chi connectivity index (χ1n) is 9.84. The number of alkyl halides is 3. The maximum atomic E-state index is 12.7. The number of hydrogen-bond donors (Lipinski definition) is 2. The Morgan fingerprint density at radius 2 is 1.93 bits per heavy atom. The molecule has 6 nitrogen and oxygen atoms in total. The SMILES string of the molecule is CN=C(NCC(C)(C)N1CCOCC1)NC1CC1c1ccccc1OC(F)(F)F. The number of nitrogens with one attached hydrogen (secondary N) is 2. The largest absolute Gasteiger partial charge is 0.573 e. The minimum Gasteiger partial charge on any atom is -0.405 e. The van der Waals surface area contributed by atoms with Crippen LogP contribution in [0.15, 0.2) is 29.3 Å². The van der Waals surface area contributed by atoms with E-state index in [0.29, 0.717) is 18.1 Å². The van der Waals surface area contributed by atoms with E-state index in [0.717, 1.165) is 32.7 Å². The number of benzene rings is 1. The summed E-state index contributed by atoms with van der Waals surface area (Å²) in [7, 11) is 1.69. The lowest BCUT2D eigenvalue weighted by Crippen LogP contribution is -2.56. The van der Waals surface area contributed by atoms with Gasteiger partial charge in [-0.3, -0.25) is 9.89 Å². The lowest BCUT2D eigenvalue weighted by molar-refractivity contribution is -0.274. The monoisotopic (exact) mass is 414 g/mol. The fraction of sp³-hybridized carbons (Fsp3) is 0.650. The van der Waals surface area contributed by atoms with Crippen molar-refractivity contribution < 1.29 is 22.6 Å². The highest BCUT2D eigenvalue weighted by Crippen LogP contribution is 2.45. The zero-order valence-electron chi connectivity index (χ0n) is 17.1. The Kier molecular flexibility index (Phi) is 6.58. The Balaban J connectivity index is 1.54. The van der Waals surface area contributed by atoms with Gasteiger partial charge in [0.2, 0.25) is 0 Å². The van der Waals surface area contributed by atoms with Crippen LogP contribution in [-0.2, 0) is 4.74 Å². The molecule has 29 heavy (non-hydrogen) atoms. The van der Waals surface area contributed by atoms with Crippen molar-refractivity contribution in [1.82, 2.24) is 15.5 Å². The maximum Gasteiger partial charge on any atom is 0.573 e. The van der Waals surface area contributed by atoms with Crippen LogP contribution in [0.5, 0.6) is 5.75 Å². The highest BCUT2D eigenvalue weighted by Gasteiger charge is 2.42. The van der Waals surface area contributed by atoms with Gasteiger partial charge in [0, 0.05) is 44.2 Å². The number of morpholine rings is 1. The van der Waals surface area contributed by atoms with Crippen LogP contribution in [0.25, 0.3) is 0 Å². The van der Waals surface area contributed by atoms with Gasteiger partial charge in [0.15, 0.2) is 5.96 Å². The summed E-state index contributed by atoms with van der Waals surface area (Å²) in [5.41, 5.74) is 0.490. The Morgan fingerprint density at radius 3 is 2.59 bits per heavy atom. The molecule has 1 aromatic carbocycles. The second-order valence-corrected chi connectivity index (χ2v) is 8.02. The van der Waals surface area contributed by atoms with E-state index in [-0.39, 0.29) is 23.2 Å². The molecule has 2 fully saturated rings. The first-order valence-corrected chi connectivity index (χ1v) is 9.84.